The van der Waals surface area contributed by atoms with Crippen LogP contribution >= 0.6 is 19.5 Å². The molecule has 0 N–H and O–H groups in total. The summed E-state index contributed by atoms with van der Waals surface area (Å²) in [7, 11) is -0.661. The number of hydrogen-bond donors (Lipinski definition) is 0. The van der Waals surface area contributed by atoms with E-state index < -0.39 is 7.92 Å². The largest absolute Gasteiger partial charge is 0.264 e. The van der Waals surface area contributed by atoms with E-state index in [2.05, 4.69) is 53.5 Å². The quantitative estimate of drug-likeness (QED) is 0.674. The number of rotatable bonds is 3. The zero-order valence-electron chi connectivity index (χ0n) is 10.8. The van der Waals surface area contributed by atoms with Crippen molar-refractivity contribution in [3.8, 4) is 0 Å². The molecule has 1 heterocycles. The molecule has 0 atom stereocenters. The summed E-state index contributed by atoms with van der Waals surface area (Å²) in [5, 5.41) is 4.44. The molecule has 0 aliphatic carbocycles. The molecule has 0 aliphatic heterocycles. The molecule has 0 fully saturated rings. The summed E-state index contributed by atoms with van der Waals surface area (Å²) in [6, 6.07) is 22.8. The highest BCUT2D eigenvalue weighted by atomic mass is 35.5. The summed E-state index contributed by atoms with van der Waals surface area (Å²) in [5.41, 5.74) is 0. The van der Waals surface area contributed by atoms with Gasteiger partial charge in [0, 0.05) is 17.7 Å². The fourth-order valence-electron chi connectivity index (χ4n) is 2.12. The first-order valence-electron chi connectivity index (χ1n) is 6.36. The lowest BCUT2D eigenvalue weighted by Crippen LogP contribution is -2.21. The first-order valence-corrected chi connectivity index (χ1v) is 8.08. The Hall–Kier alpha value is -1.69. The van der Waals surface area contributed by atoms with E-state index in [9.17, 15) is 0 Å². The molecule has 3 aromatic rings. The molecule has 0 saturated heterocycles. The van der Waals surface area contributed by atoms with Gasteiger partial charge in [0.2, 0.25) is 0 Å². The van der Waals surface area contributed by atoms with Crippen molar-refractivity contribution in [1.29, 1.82) is 0 Å². The lowest BCUT2D eigenvalue weighted by molar-refractivity contribution is 1.35. The van der Waals surface area contributed by atoms with Crippen LogP contribution in [0.2, 0.25) is 5.02 Å². The molecule has 0 bridgehead atoms. The van der Waals surface area contributed by atoms with Crippen LogP contribution in [0.3, 0.4) is 0 Å². The predicted molar refractivity (Wildman–Crippen MR) is 88.0 cm³/mol. The van der Waals surface area contributed by atoms with Crippen LogP contribution in [0.1, 0.15) is 0 Å². The van der Waals surface area contributed by atoms with Crippen molar-refractivity contribution in [3.63, 3.8) is 0 Å². The number of aromatic nitrogens is 1. The van der Waals surface area contributed by atoms with Gasteiger partial charge in [-0.2, -0.15) is 0 Å². The topological polar surface area (TPSA) is 12.9 Å². The van der Waals surface area contributed by atoms with E-state index in [-0.39, 0.29) is 0 Å². The highest BCUT2D eigenvalue weighted by Gasteiger charge is 2.18. The van der Waals surface area contributed by atoms with E-state index in [1.165, 1.54) is 10.6 Å². The molecule has 0 amide bonds. The van der Waals surface area contributed by atoms with Crippen LogP contribution < -0.4 is 15.9 Å². The Balaban J connectivity index is 2.17. The summed E-state index contributed by atoms with van der Waals surface area (Å²) in [5.74, 6) is 0. The van der Waals surface area contributed by atoms with Gasteiger partial charge in [-0.05, 0) is 24.6 Å². The number of hydrogen-bond acceptors (Lipinski definition) is 1. The Labute approximate surface area is 125 Å². The van der Waals surface area contributed by atoms with Crippen molar-refractivity contribution in [2.24, 2.45) is 0 Å². The van der Waals surface area contributed by atoms with Crippen molar-refractivity contribution in [2.75, 3.05) is 0 Å². The van der Waals surface area contributed by atoms with Gasteiger partial charge in [0.25, 0.3) is 0 Å². The average molecular weight is 298 g/mol. The Morgan fingerprint density at radius 2 is 1.30 bits per heavy atom. The van der Waals surface area contributed by atoms with Gasteiger partial charge in [0.15, 0.2) is 0 Å². The van der Waals surface area contributed by atoms with Crippen molar-refractivity contribution in [3.05, 3.63) is 84.1 Å². The molecule has 0 spiro atoms. The maximum atomic E-state index is 6.39. The molecule has 1 nitrogen and oxygen atoms in total. The summed E-state index contributed by atoms with van der Waals surface area (Å²) in [6.45, 7) is 0. The van der Waals surface area contributed by atoms with Crippen molar-refractivity contribution < 1.29 is 0 Å². The zero-order chi connectivity index (χ0) is 13.8. The number of nitrogens with zero attached hydrogens (tertiary/aromatic N) is 1. The lowest BCUT2D eigenvalue weighted by atomic mass is 10.4. The minimum atomic E-state index is -0.661. The maximum absolute atomic E-state index is 6.39. The molecule has 2 aromatic carbocycles. The van der Waals surface area contributed by atoms with Gasteiger partial charge in [-0.15, -0.1) is 0 Å². The number of pyridine rings is 1. The van der Waals surface area contributed by atoms with Crippen LogP contribution in [0, 0.1) is 0 Å². The number of halogens is 1. The van der Waals surface area contributed by atoms with Gasteiger partial charge in [-0.1, -0.05) is 72.3 Å². The lowest BCUT2D eigenvalue weighted by Gasteiger charge is -2.19. The molecule has 0 saturated carbocycles. The zero-order valence-corrected chi connectivity index (χ0v) is 12.4. The van der Waals surface area contributed by atoms with Gasteiger partial charge in [-0.3, -0.25) is 4.98 Å². The highest BCUT2D eigenvalue weighted by Crippen LogP contribution is 2.34. The Morgan fingerprint density at radius 1 is 0.750 bits per heavy atom. The van der Waals surface area contributed by atoms with Crippen LogP contribution in [-0.4, -0.2) is 4.98 Å². The summed E-state index contributed by atoms with van der Waals surface area (Å²) < 4.78 is 0. The summed E-state index contributed by atoms with van der Waals surface area (Å²) in [4.78, 5) is 4.25. The second-order valence-corrected chi connectivity index (χ2v) is 6.93. The predicted octanol–water partition coefficient (Wildman–Crippen LogP) is 3.49. The molecule has 0 aliphatic rings. The van der Waals surface area contributed by atoms with E-state index in [4.69, 9.17) is 11.6 Å². The molecule has 1 aromatic heterocycles. The molecule has 20 heavy (non-hydrogen) atoms. The molecule has 98 valence electrons. The smallest absolute Gasteiger partial charge is 0.0520 e. The van der Waals surface area contributed by atoms with Crippen LogP contribution in [-0.2, 0) is 0 Å². The summed E-state index contributed by atoms with van der Waals surface area (Å²) in [6.07, 6.45) is 3.61. The fraction of sp³-hybridized carbons (Fsp3) is 0. The molecule has 0 unspecified atom stereocenters. The third kappa shape index (κ3) is 2.75. The first kappa shape index (κ1) is 13.3. The van der Waals surface area contributed by atoms with Gasteiger partial charge in [0.1, 0.15) is 0 Å². The van der Waals surface area contributed by atoms with E-state index >= 15 is 0 Å². The Kier molecular flexibility index (Phi) is 4.11. The molecule has 3 rings (SSSR count). The average Bonchev–Trinajstić information content (AvgIpc) is 2.52. The molecule has 0 radical (unpaired) electrons. The fourth-order valence-corrected chi connectivity index (χ4v) is 4.74. The standard InChI is InChI=1S/C17H13ClNP/c18-16-11-12-19-13-17(16)20(14-7-3-1-4-8-14)15-9-5-2-6-10-15/h1-13H. The van der Waals surface area contributed by atoms with Gasteiger partial charge in [0.05, 0.1) is 5.02 Å². The molecular weight excluding hydrogens is 285 g/mol. The third-order valence-corrected chi connectivity index (χ3v) is 5.95. The SMILES string of the molecule is Clc1ccncc1P(c1ccccc1)c1ccccc1. The van der Waals surface area contributed by atoms with Gasteiger partial charge < -0.3 is 0 Å². The van der Waals surface area contributed by atoms with Gasteiger partial charge in [-0.25, -0.2) is 0 Å². The van der Waals surface area contributed by atoms with Gasteiger partial charge >= 0.3 is 0 Å². The van der Waals surface area contributed by atoms with E-state index in [1.807, 2.05) is 24.4 Å². The monoisotopic (exact) mass is 297 g/mol. The van der Waals surface area contributed by atoms with Crippen LogP contribution in [0.5, 0.6) is 0 Å². The Morgan fingerprint density at radius 3 is 1.80 bits per heavy atom. The first-order chi connectivity index (χ1) is 9.86. The minimum Gasteiger partial charge on any atom is -0.264 e. The highest BCUT2D eigenvalue weighted by molar-refractivity contribution is 7.80. The maximum Gasteiger partial charge on any atom is 0.0520 e. The van der Waals surface area contributed by atoms with E-state index in [0.29, 0.717) is 0 Å². The second-order valence-electron chi connectivity index (χ2n) is 4.33. The van der Waals surface area contributed by atoms with Crippen LogP contribution in [0.15, 0.2) is 79.1 Å². The Bertz CT molecular complexity index is 646. The third-order valence-electron chi connectivity index (χ3n) is 3.02. The normalized spacial score (nSPS) is 10.7. The van der Waals surface area contributed by atoms with Crippen molar-refractivity contribution >= 4 is 35.4 Å². The van der Waals surface area contributed by atoms with Crippen LogP contribution in [0.25, 0.3) is 0 Å². The van der Waals surface area contributed by atoms with Crippen molar-refractivity contribution in [1.82, 2.24) is 4.98 Å². The van der Waals surface area contributed by atoms with Crippen molar-refractivity contribution in [2.45, 2.75) is 0 Å². The van der Waals surface area contributed by atoms with Crippen LogP contribution in [0.4, 0.5) is 0 Å². The van der Waals surface area contributed by atoms with E-state index in [1.54, 1.807) is 6.20 Å². The second kappa shape index (κ2) is 6.17. The number of benzene rings is 2. The van der Waals surface area contributed by atoms with E-state index in [0.717, 1.165) is 10.3 Å². The minimum absolute atomic E-state index is 0.661. The molecular formula is C17H13ClNP. The molecule has 3 heteroatoms. The summed E-state index contributed by atoms with van der Waals surface area (Å²) >= 11 is 6.39.